The highest BCUT2D eigenvalue weighted by atomic mass is 19.4. The molecule has 0 bridgehead atoms. The largest absolute Gasteiger partial charge is 0.416 e. The lowest BCUT2D eigenvalue weighted by atomic mass is 10.1. The Morgan fingerprint density at radius 3 is 2.39 bits per heavy atom. The van der Waals surface area contributed by atoms with Crippen LogP contribution in [0.15, 0.2) is 48.8 Å². The van der Waals surface area contributed by atoms with E-state index in [1.807, 2.05) is 12.1 Å². The molecule has 0 spiro atoms. The van der Waals surface area contributed by atoms with Crippen molar-refractivity contribution in [2.24, 2.45) is 0 Å². The van der Waals surface area contributed by atoms with Crippen molar-refractivity contribution in [1.82, 2.24) is 9.88 Å². The fraction of sp³-hybridized carbons (Fsp3) is 0.294. The predicted molar refractivity (Wildman–Crippen MR) is 80.5 cm³/mol. The van der Waals surface area contributed by atoms with Gasteiger partial charge in [0.2, 0.25) is 5.91 Å². The van der Waals surface area contributed by atoms with Gasteiger partial charge in [-0.05, 0) is 35.7 Å². The molecule has 1 aromatic carbocycles. The summed E-state index contributed by atoms with van der Waals surface area (Å²) in [7, 11) is 1.64. The Labute approximate surface area is 132 Å². The smallest absolute Gasteiger partial charge is 0.341 e. The van der Waals surface area contributed by atoms with E-state index in [4.69, 9.17) is 0 Å². The van der Waals surface area contributed by atoms with Crippen LogP contribution in [0.4, 0.5) is 13.2 Å². The lowest BCUT2D eigenvalue weighted by Gasteiger charge is -2.17. The number of hydrogen-bond donors (Lipinski definition) is 0. The highest BCUT2D eigenvalue weighted by Gasteiger charge is 2.29. The number of amides is 1. The van der Waals surface area contributed by atoms with E-state index in [9.17, 15) is 18.0 Å². The number of nitrogens with zero attached hydrogens (tertiary/aromatic N) is 2. The van der Waals surface area contributed by atoms with Gasteiger partial charge in [0.15, 0.2) is 0 Å². The summed E-state index contributed by atoms with van der Waals surface area (Å²) in [5.41, 5.74) is 0.950. The van der Waals surface area contributed by atoms with Gasteiger partial charge in [0.25, 0.3) is 0 Å². The molecule has 1 aromatic heterocycles. The minimum Gasteiger partial charge on any atom is -0.341 e. The van der Waals surface area contributed by atoms with E-state index in [2.05, 4.69) is 4.98 Å². The Morgan fingerprint density at radius 2 is 1.83 bits per heavy atom. The average molecular weight is 322 g/mol. The lowest BCUT2D eigenvalue weighted by molar-refractivity contribution is -0.137. The number of pyridine rings is 1. The van der Waals surface area contributed by atoms with Gasteiger partial charge in [-0.25, -0.2) is 0 Å². The molecule has 23 heavy (non-hydrogen) atoms. The van der Waals surface area contributed by atoms with Gasteiger partial charge >= 0.3 is 6.18 Å². The first-order valence-corrected chi connectivity index (χ1v) is 7.15. The third-order valence-electron chi connectivity index (χ3n) is 3.48. The summed E-state index contributed by atoms with van der Waals surface area (Å²) >= 11 is 0. The van der Waals surface area contributed by atoms with E-state index >= 15 is 0 Å². The molecule has 6 heteroatoms. The summed E-state index contributed by atoms with van der Waals surface area (Å²) in [6, 6.07) is 8.57. The average Bonchev–Trinajstić information content (AvgIpc) is 2.53. The van der Waals surface area contributed by atoms with Crippen molar-refractivity contribution in [3.05, 3.63) is 65.5 Å². The Hall–Kier alpha value is -2.37. The number of hydrogen-bond acceptors (Lipinski definition) is 2. The minimum absolute atomic E-state index is 0.0613. The zero-order valence-corrected chi connectivity index (χ0v) is 12.7. The monoisotopic (exact) mass is 322 g/mol. The summed E-state index contributed by atoms with van der Waals surface area (Å²) in [5, 5.41) is 0. The molecule has 0 N–H and O–H groups in total. The lowest BCUT2D eigenvalue weighted by Crippen LogP contribution is -2.26. The maximum absolute atomic E-state index is 12.5. The first kappa shape index (κ1) is 17.0. The van der Waals surface area contributed by atoms with Gasteiger partial charge in [0.1, 0.15) is 0 Å². The summed E-state index contributed by atoms with van der Waals surface area (Å²) in [6.07, 6.45) is -0.0397. The Balaban J connectivity index is 1.88. The summed E-state index contributed by atoms with van der Waals surface area (Å²) < 4.78 is 37.5. The van der Waals surface area contributed by atoms with E-state index < -0.39 is 11.7 Å². The SMILES string of the molecule is CN(Cc1ccc(C(F)(F)F)cc1)C(=O)CCc1cccnc1. The topological polar surface area (TPSA) is 33.2 Å². The van der Waals surface area contributed by atoms with Crippen LogP contribution in [-0.2, 0) is 23.9 Å². The number of alkyl halides is 3. The quantitative estimate of drug-likeness (QED) is 0.841. The Kier molecular flexibility index (Phi) is 5.36. The number of carbonyl (C=O) groups is 1. The predicted octanol–water partition coefficient (Wildman–Crippen LogP) is 3.69. The Morgan fingerprint density at radius 1 is 1.13 bits per heavy atom. The highest BCUT2D eigenvalue weighted by molar-refractivity contribution is 5.76. The summed E-state index contributed by atoms with van der Waals surface area (Å²) in [4.78, 5) is 17.6. The molecule has 0 radical (unpaired) electrons. The van der Waals surface area contributed by atoms with Crippen molar-refractivity contribution < 1.29 is 18.0 Å². The number of benzene rings is 1. The molecular weight excluding hydrogens is 305 g/mol. The number of rotatable bonds is 5. The first-order chi connectivity index (χ1) is 10.9. The normalized spacial score (nSPS) is 11.3. The fourth-order valence-corrected chi connectivity index (χ4v) is 2.15. The van der Waals surface area contributed by atoms with Crippen LogP contribution in [0, 0.1) is 0 Å². The van der Waals surface area contributed by atoms with E-state index in [1.54, 1.807) is 19.4 Å². The van der Waals surface area contributed by atoms with Crippen LogP contribution in [0.25, 0.3) is 0 Å². The van der Waals surface area contributed by atoms with Gasteiger partial charge in [0, 0.05) is 32.4 Å². The highest BCUT2D eigenvalue weighted by Crippen LogP contribution is 2.29. The second kappa shape index (κ2) is 7.26. The number of halogens is 3. The van der Waals surface area contributed by atoms with Crippen LogP contribution in [0.3, 0.4) is 0 Å². The van der Waals surface area contributed by atoms with Crippen LogP contribution in [0.2, 0.25) is 0 Å². The summed E-state index contributed by atoms with van der Waals surface area (Å²) in [6.45, 7) is 0.282. The number of carbonyl (C=O) groups excluding carboxylic acids is 1. The number of aryl methyl sites for hydroxylation is 1. The molecule has 0 unspecified atom stereocenters. The van der Waals surface area contributed by atoms with Crippen molar-refractivity contribution >= 4 is 5.91 Å². The molecule has 1 heterocycles. The molecule has 0 aliphatic heterocycles. The molecule has 0 fully saturated rings. The van der Waals surface area contributed by atoms with Crippen LogP contribution in [0.1, 0.15) is 23.1 Å². The van der Waals surface area contributed by atoms with Crippen molar-refractivity contribution in [1.29, 1.82) is 0 Å². The second-order valence-corrected chi connectivity index (χ2v) is 5.31. The van der Waals surface area contributed by atoms with E-state index in [1.165, 1.54) is 17.0 Å². The maximum Gasteiger partial charge on any atom is 0.416 e. The van der Waals surface area contributed by atoms with Crippen molar-refractivity contribution in [3.63, 3.8) is 0 Å². The minimum atomic E-state index is -4.34. The number of aromatic nitrogens is 1. The van der Waals surface area contributed by atoms with E-state index in [-0.39, 0.29) is 12.5 Å². The van der Waals surface area contributed by atoms with Gasteiger partial charge in [-0.3, -0.25) is 9.78 Å². The standard InChI is InChI=1S/C17H17F3N2O/c1-22(16(23)9-6-13-3-2-10-21-11-13)12-14-4-7-15(8-5-14)17(18,19)20/h2-5,7-8,10-11H,6,9,12H2,1H3. The van der Waals surface area contributed by atoms with Crippen LogP contribution >= 0.6 is 0 Å². The molecule has 0 saturated carbocycles. The van der Waals surface area contributed by atoms with Crippen LogP contribution in [0.5, 0.6) is 0 Å². The van der Waals surface area contributed by atoms with Gasteiger partial charge in [-0.2, -0.15) is 13.2 Å². The van der Waals surface area contributed by atoms with Crippen molar-refractivity contribution in [2.45, 2.75) is 25.6 Å². The van der Waals surface area contributed by atoms with Crippen molar-refractivity contribution in [3.8, 4) is 0 Å². The molecular formula is C17H17F3N2O. The molecule has 2 aromatic rings. The van der Waals surface area contributed by atoms with Crippen molar-refractivity contribution in [2.75, 3.05) is 7.05 Å². The van der Waals surface area contributed by atoms with Gasteiger partial charge in [0.05, 0.1) is 5.56 Å². The molecule has 0 aliphatic rings. The van der Waals surface area contributed by atoms with Crippen LogP contribution in [-0.4, -0.2) is 22.8 Å². The molecule has 122 valence electrons. The molecule has 0 atom stereocenters. The molecule has 2 rings (SSSR count). The first-order valence-electron chi connectivity index (χ1n) is 7.15. The van der Waals surface area contributed by atoms with Gasteiger partial charge in [-0.15, -0.1) is 0 Å². The van der Waals surface area contributed by atoms with Gasteiger partial charge in [-0.1, -0.05) is 18.2 Å². The van der Waals surface area contributed by atoms with Crippen LogP contribution < -0.4 is 0 Å². The summed E-state index contributed by atoms with van der Waals surface area (Å²) in [5.74, 6) is -0.0613. The third-order valence-corrected chi connectivity index (χ3v) is 3.48. The fourth-order valence-electron chi connectivity index (χ4n) is 2.15. The molecule has 0 saturated heterocycles. The zero-order valence-electron chi connectivity index (χ0n) is 12.7. The molecule has 0 aliphatic carbocycles. The molecule has 1 amide bonds. The maximum atomic E-state index is 12.5. The van der Waals surface area contributed by atoms with E-state index in [0.29, 0.717) is 18.4 Å². The second-order valence-electron chi connectivity index (χ2n) is 5.31. The molecule has 3 nitrogen and oxygen atoms in total. The zero-order chi connectivity index (χ0) is 16.9. The van der Waals surface area contributed by atoms with Gasteiger partial charge < -0.3 is 4.90 Å². The Bertz CT molecular complexity index is 639. The van der Waals surface area contributed by atoms with E-state index in [0.717, 1.165) is 17.7 Å². The third kappa shape index (κ3) is 5.09.